The molecule has 1 rings (SSSR count). The fraction of sp³-hybridized carbons (Fsp3) is 0.357. The fourth-order valence-corrected chi connectivity index (χ4v) is 2.34. The molecule has 0 amide bonds. The second kappa shape index (κ2) is 6.95. The summed E-state index contributed by atoms with van der Waals surface area (Å²) in [6, 6.07) is 6.74. The number of hydrogen-bond acceptors (Lipinski definition) is 4. The smallest absolute Gasteiger partial charge is 0.248 e. The van der Waals surface area contributed by atoms with Crippen molar-refractivity contribution in [3.63, 3.8) is 0 Å². The summed E-state index contributed by atoms with van der Waals surface area (Å²) in [6.07, 6.45) is 0.618. The van der Waals surface area contributed by atoms with Gasteiger partial charge in [-0.2, -0.15) is 5.26 Å². The van der Waals surface area contributed by atoms with E-state index < -0.39 is 15.3 Å². The van der Waals surface area contributed by atoms with E-state index in [1.165, 1.54) is 6.92 Å². The summed E-state index contributed by atoms with van der Waals surface area (Å²) in [6.45, 7) is 2.99. The maximum Gasteiger partial charge on any atom is 0.248 e. The molecule has 0 spiro atoms. The number of aliphatic hydroxyl groups excluding tert-OH is 1. The van der Waals surface area contributed by atoms with Crippen LogP contribution in [0.25, 0.3) is 0 Å². The molecule has 0 bridgehead atoms. The minimum absolute atomic E-state index is 0.227. The second-order valence-electron chi connectivity index (χ2n) is 4.10. The van der Waals surface area contributed by atoms with Crippen molar-refractivity contribution in [3.8, 4) is 17.9 Å². The van der Waals surface area contributed by atoms with Crippen LogP contribution in [-0.4, -0.2) is 25.4 Å². The third-order valence-corrected chi connectivity index (χ3v) is 4.24. The highest BCUT2D eigenvalue weighted by molar-refractivity contribution is 7.93. The van der Waals surface area contributed by atoms with Gasteiger partial charge in [0.1, 0.15) is 6.61 Å². The Kier molecular flexibility index (Phi) is 5.57. The van der Waals surface area contributed by atoms with Gasteiger partial charge in [0.15, 0.2) is 5.25 Å². The molecule has 1 atom stereocenters. The van der Waals surface area contributed by atoms with Crippen LogP contribution in [-0.2, 0) is 16.4 Å². The number of nitriles is 1. The van der Waals surface area contributed by atoms with Gasteiger partial charge in [0.25, 0.3) is 0 Å². The van der Waals surface area contributed by atoms with Crippen molar-refractivity contribution in [2.45, 2.75) is 25.5 Å². The molecule has 1 aromatic rings. The van der Waals surface area contributed by atoms with Gasteiger partial charge in [-0.05, 0) is 37.1 Å². The van der Waals surface area contributed by atoms with Crippen LogP contribution in [0.2, 0.25) is 0 Å². The van der Waals surface area contributed by atoms with Gasteiger partial charge in [0, 0.05) is 5.56 Å². The molecule has 2 N–H and O–H groups in total. The first kappa shape index (κ1) is 16.0. The van der Waals surface area contributed by atoms with Crippen LogP contribution < -0.4 is 4.72 Å². The Hall–Kier alpha value is -2.02. The summed E-state index contributed by atoms with van der Waals surface area (Å²) < 4.78 is 26.1. The zero-order chi connectivity index (χ0) is 15.2. The van der Waals surface area contributed by atoms with Crippen LogP contribution in [0.5, 0.6) is 0 Å². The number of benzene rings is 1. The SMILES string of the molecule is CCc1cc(C#CCO)ccc1NS(=O)(=O)C(C)C#N. The van der Waals surface area contributed by atoms with E-state index >= 15 is 0 Å². The van der Waals surface area contributed by atoms with Crippen LogP contribution in [0.3, 0.4) is 0 Å². The molecular formula is C14H16N2O3S. The molecule has 0 saturated carbocycles. The van der Waals surface area contributed by atoms with Crippen molar-refractivity contribution in [2.75, 3.05) is 11.3 Å². The standard InChI is InChI=1S/C14H16N2O3S/c1-3-13-9-12(5-4-8-17)6-7-14(13)16-20(18,19)11(2)10-15/h6-7,9,11,16-17H,3,8H2,1-2H3. The van der Waals surface area contributed by atoms with E-state index in [9.17, 15) is 8.42 Å². The Balaban J connectivity index is 3.12. The van der Waals surface area contributed by atoms with E-state index in [0.29, 0.717) is 17.7 Å². The van der Waals surface area contributed by atoms with E-state index in [2.05, 4.69) is 16.6 Å². The van der Waals surface area contributed by atoms with Crippen LogP contribution in [0.4, 0.5) is 5.69 Å². The summed E-state index contributed by atoms with van der Waals surface area (Å²) >= 11 is 0. The average Bonchev–Trinajstić information content (AvgIpc) is 2.44. The maximum absolute atomic E-state index is 11.9. The Labute approximate surface area is 119 Å². The topological polar surface area (TPSA) is 90.2 Å². The first-order valence-corrected chi connectivity index (χ1v) is 7.63. The van der Waals surface area contributed by atoms with Gasteiger partial charge < -0.3 is 5.11 Å². The number of rotatable bonds is 4. The van der Waals surface area contributed by atoms with Crippen molar-refractivity contribution in [1.29, 1.82) is 5.26 Å². The Morgan fingerprint density at radius 1 is 1.45 bits per heavy atom. The first-order chi connectivity index (χ1) is 9.44. The van der Waals surface area contributed by atoms with Crippen molar-refractivity contribution >= 4 is 15.7 Å². The average molecular weight is 292 g/mol. The molecule has 0 heterocycles. The van der Waals surface area contributed by atoms with Crippen molar-refractivity contribution in [2.24, 2.45) is 0 Å². The number of sulfonamides is 1. The molecule has 0 saturated heterocycles. The molecule has 6 heteroatoms. The van der Waals surface area contributed by atoms with Gasteiger partial charge in [0.05, 0.1) is 11.8 Å². The van der Waals surface area contributed by atoms with Crippen molar-refractivity contribution < 1.29 is 13.5 Å². The summed E-state index contributed by atoms with van der Waals surface area (Å²) in [4.78, 5) is 0. The largest absolute Gasteiger partial charge is 0.384 e. The third-order valence-electron chi connectivity index (χ3n) is 2.70. The molecule has 0 fully saturated rings. The molecule has 1 aromatic carbocycles. The van der Waals surface area contributed by atoms with Gasteiger partial charge in [-0.15, -0.1) is 0 Å². The molecule has 0 aromatic heterocycles. The fourth-order valence-electron chi connectivity index (χ4n) is 1.52. The maximum atomic E-state index is 11.9. The second-order valence-corrected chi connectivity index (χ2v) is 6.11. The molecule has 0 aliphatic heterocycles. The molecular weight excluding hydrogens is 276 g/mol. The molecule has 20 heavy (non-hydrogen) atoms. The van der Waals surface area contributed by atoms with Crippen molar-refractivity contribution in [1.82, 2.24) is 0 Å². The summed E-state index contributed by atoms with van der Waals surface area (Å²) in [7, 11) is -3.71. The minimum atomic E-state index is -3.71. The molecule has 0 aliphatic carbocycles. The zero-order valence-corrected chi connectivity index (χ0v) is 12.2. The monoisotopic (exact) mass is 292 g/mol. The van der Waals surface area contributed by atoms with E-state index in [-0.39, 0.29) is 6.61 Å². The first-order valence-electron chi connectivity index (χ1n) is 6.08. The predicted octanol–water partition coefficient (Wildman–Crippen LogP) is 1.25. The quantitative estimate of drug-likeness (QED) is 0.817. The van der Waals surface area contributed by atoms with E-state index in [0.717, 1.165) is 5.56 Å². The molecule has 0 radical (unpaired) electrons. The van der Waals surface area contributed by atoms with Crippen LogP contribution in [0.15, 0.2) is 18.2 Å². The van der Waals surface area contributed by atoms with Gasteiger partial charge in [-0.3, -0.25) is 4.72 Å². The summed E-state index contributed by atoms with van der Waals surface area (Å²) in [5, 5.41) is 16.2. The highest BCUT2D eigenvalue weighted by atomic mass is 32.2. The minimum Gasteiger partial charge on any atom is -0.384 e. The van der Waals surface area contributed by atoms with Crippen molar-refractivity contribution in [3.05, 3.63) is 29.3 Å². The van der Waals surface area contributed by atoms with Gasteiger partial charge in [0.2, 0.25) is 10.0 Å². The lowest BCUT2D eigenvalue weighted by Gasteiger charge is -2.13. The number of aryl methyl sites for hydroxylation is 1. The van der Waals surface area contributed by atoms with E-state index in [4.69, 9.17) is 10.4 Å². The number of aliphatic hydroxyl groups is 1. The lowest BCUT2D eigenvalue weighted by Crippen LogP contribution is -2.24. The number of nitrogens with one attached hydrogen (secondary N) is 1. The van der Waals surface area contributed by atoms with Crippen LogP contribution >= 0.6 is 0 Å². The zero-order valence-electron chi connectivity index (χ0n) is 11.3. The van der Waals surface area contributed by atoms with Gasteiger partial charge >= 0.3 is 0 Å². The van der Waals surface area contributed by atoms with Crippen LogP contribution in [0.1, 0.15) is 25.0 Å². The van der Waals surface area contributed by atoms with Crippen LogP contribution in [0, 0.1) is 23.2 Å². The van der Waals surface area contributed by atoms with Gasteiger partial charge in [-0.1, -0.05) is 18.8 Å². The number of nitrogens with zero attached hydrogens (tertiary/aromatic N) is 1. The number of hydrogen-bond donors (Lipinski definition) is 2. The number of anilines is 1. The molecule has 106 valence electrons. The summed E-state index contributed by atoms with van der Waals surface area (Å²) in [5.74, 6) is 5.30. The normalized spacial score (nSPS) is 11.9. The highest BCUT2D eigenvalue weighted by Gasteiger charge is 2.20. The summed E-state index contributed by atoms with van der Waals surface area (Å²) in [5.41, 5.74) is 1.93. The van der Waals surface area contributed by atoms with Gasteiger partial charge in [-0.25, -0.2) is 8.42 Å². The molecule has 1 unspecified atom stereocenters. The van der Waals surface area contributed by atoms with E-state index in [1.54, 1.807) is 24.3 Å². The lowest BCUT2D eigenvalue weighted by molar-refractivity contribution is 0.350. The molecule has 5 nitrogen and oxygen atoms in total. The predicted molar refractivity (Wildman–Crippen MR) is 77.4 cm³/mol. The Morgan fingerprint density at radius 2 is 2.15 bits per heavy atom. The molecule has 0 aliphatic rings. The Bertz CT molecular complexity index is 679. The lowest BCUT2D eigenvalue weighted by atomic mass is 10.1. The highest BCUT2D eigenvalue weighted by Crippen LogP contribution is 2.20. The van der Waals surface area contributed by atoms with E-state index in [1.807, 2.05) is 6.92 Å². The Morgan fingerprint density at radius 3 is 2.70 bits per heavy atom. The third kappa shape index (κ3) is 3.99.